The molecular formula is C20H25N7O3. The van der Waals surface area contributed by atoms with Crippen molar-refractivity contribution in [1.82, 2.24) is 24.8 Å². The van der Waals surface area contributed by atoms with Gasteiger partial charge in [-0.15, -0.1) is 0 Å². The van der Waals surface area contributed by atoms with Gasteiger partial charge in [0.05, 0.1) is 13.2 Å². The molecule has 30 heavy (non-hydrogen) atoms. The molecule has 1 amide bonds. The first kappa shape index (κ1) is 19.9. The number of carboxylic acid groups (broad SMARTS) is 1. The summed E-state index contributed by atoms with van der Waals surface area (Å²) in [5, 5.41) is 19.2. The zero-order valence-corrected chi connectivity index (χ0v) is 16.7. The van der Waals surface area contributed by atoms with Gasteiger partial charge in [-0.1, -0.05) is 6.07 Å². The molecule has 1 aliphatic rings. The van der Waals surface area contributed by atoms with Crippen LogP contribution in [0.15, 0.2) is 42.9 Å². The Morgan fingerprint density at radius 3 is 3.07 bits per heavy atom. The number of carbonyl (C=O) groups is 1. The fourth-order valence-corrected chi connectivity index (χ4v) is 3.81. The van der Waals surface area contributed by atoms with Gasteiger partial charge in [0.25, 0.3) is 0 Å². The number of hydrogen-bond acceptors (Lipinski definition) is 7. The van der Waals surface area contributed by atoms with Crippen molar-refractivity contribution in [2.24, 2.45) is 5.73 Å². The summed E-state index contributed by atoms with van der Waals surface area (Å²) in [5.74, 6) is 1.44. The van der Waals surface area contributed by atoms with Gasteiger partial charge in [0, 0.05) is 43.6 Å². The molecule has 2 aromatic heterocycles. The van der Waals surface area contributed by atoms with Crippen molar-refractivity contribution < 1.29 is 14.6 Å². The van der Waals surface area contributed by atoms with Crippen LogP contribution < -0.4 is 21.1 Å². The van der Waals surface area contributed by atoms with Gasteiger partial charge in [-0.3, -0.25) is 4.90 Å². The minimum Gasteiger partial charge on any atom is -0.497 e. The average Bonchev–Trinajstić information content (AvgIpc) is 3.14. The standard InChI is InChI=1S/C20H25N7O3/c1-30-15-4-2-3-14(9-15)24-19-18-13(5-8-27(18)23-12-22-19)10-26-7-6-16(21)17(11-26)25-20(28)29/h2-5,8-9,12,16-17,25H,6-7,10-11,21H2,1H3,(H,28,29)(H,22,23,24)/t16-,17-/m1/s1. The largest absolute Gasteiger partial charge is 0.497 e. The van der Waals surface area contributed by atoms with E-state index in [0.717, 1.165) is 35.5 Å². The van der Waals surface area contributed by atoms with Crippen LogP contribution in [-0.4, -0.2) is 63.0 Å². The number of nitrogens with zero attached hydrogens (tertiary/aromatic N) is 4. The van der Waals surface area contributed by atoms with E-state index >= 15 is 0 Å². The molecule has 1 aliphatic heterocycles. The van der Waals surface area contributed by atoms with Crippen LogP contribution in [0, 0.1) is 0 Å². The highest BCUT2D eigenvalue weighted by Gasteiger charge is 2.28. The van der Waals surface area contributed by atoms with E-state index in [-0.39, 0.29) is 12.1 Å². The smallest absolute Gasteiger partial charge is 0.404 e. The Bertz CT molecular complexity index is 1040. The number of rotatable bonds is 6. The predicted molar refractivity (Wildman–Crippen MR) is 112 cm³/mol. The molecule has 10 heteroatoms. The lowest BCUT2D eigenvalue weighted by Crippen LogP contribution is -2.57. The fraction of sp³-hybridized carbons (Fsp3) is 0.350. The summed E-state index contributed by atoms with van der Waals surface area (Å²) in [7, 11) is 1.63. The molecule has 0 unspecified atom stereocenters. The zero-order chi connectivity index (χ0) is 21.1. The van der Waals surface area contributed by atoms with Crippen molar-refractivity contribution in [2.45, 2.75) is 25.0 Å². The second kappa shape index (κ2) is 8.56. The number of methoxy groups -OCH3 is 1. The van der Waals surface area contributed by atoms with Gasteiger partial charge in [0.1, 0.15) is 17.6 Å². The van der Waals surface area contributed by atoms with E-state index in [4.69, 9.17) is 15.6 Å². The summed E-state index contributed by atoms with van der Waals surface area (Å²) in [6, 6.07) is 9.16. The maximum absolute atomic E-state index is 11.1. The first-order valence-corrected chi connectivity index (χ1v) is 9.73. The first-order valence-electron chi connectivity index (χ1n) is 9.73. The van der Waals surface area contributed by atoms with Crippen LogP contribution in [0.5, 0.6) is 5.75 Å². The summed E-state index contributed by atoms with van der Waals surface area (Å²) in [5.41, 5.74) is 8.87. The molecule has 0 aliphatic carbocycles. The van der Waals surface area contributed by atoms with Crippen molar-refractivity contribution in [2.75, 3.05) is 25.5 Å². The van der Waals surface area contributed by atoms with E-state index < -0.39 is 6.09 Å². The van der Waals surface area contributed by atoms with E-state index in [9.17, 15) is 4.79 Å². The Morgan fingerprint density at radius 2 is 2.27 bits per heavy atom. The molecule has 0 saturated carbocycles. The molecule has 5 N–H and O–H groups in total. The second-order valence-electron chi connectivity index (χ2n) is 7.34. The number of ether oxygens (including phenoxy) is 1. The van der Waals surface area contributed by atoms with Gasteiger partial charge in [0.2, 0.25) is 0 Å². The highest BCUT2D eigenvalue weighted by Crippen LogP contribution is 2.26. The number of likely N-dealkylation sites (tertiary alicyclic amines) is 1. The summed E-state index contributed by atoms with van der Waals surface area (Å²) in [6.07, 6.45) is 3.07. The van der Waals surface area contributed by atoms with E-state index in [2.05, 4.69) is 25.6 Å². The van der Waals surface area contributed by atoms with Gasteiger partial charge in [-0.05, 0) is 30.2 Å². The van der Waals surface area contributed by atoms with Crippen LogP contribution in [0.25, 0.3) is 5.52 Å². The number of nitrogens with one attached hydrogen (secondary N) is 2. The van der Waals surface area contributed by atoms with Crippen LogP contribution in [-0.2, 0) is 6.54 Å². The fourth-order valence-electron chi connectivity index (χ4n) is 3.81. The summed E-state index contributed by atoms with van der Waals surface area (Å²) in [4.78, 5) is 17.7. The summed E-state index contributed by atoms with van der Waals surface area (Å²) in [6.45, 7) is 1.99. The van der Waals surface area contributed by atoms with Gasteiger partial charge in [-0.25, -0.2) is 14.3 Å². The third-order valence-electron chi connectivity index (χ3n) is 5.32. The van der Waals surface area contributed by atoms with E-state index in [1.807, 2.05) is 36.5 Å². The Morgan fingerprint density at radius 1 is 1.40 bits per heavy atom. The lowest BCUT2D eigenvalue weighted by atomic mass is 10.00. The number of fused-ring (bicyclic) bond motifs is 1. The van der Waals surface area contributed by atoms with Crippen LogP contribution in [0.2, 0.25) is 0 Å². The number of nitrogens with two attached hydrogens (primary N) is 1. The molecule has 4 rings (SSSR count). The molecule has 0 radical (unpaired) electrons. The van der Waals surface area contributed by atoms with Crippen molar-refractivity contribution in [1.29, 1.82) is 0 Å². The quantitative estimate of drug-likeness (QED) is 0.482. The normalized spacial score (nSPS) is 19.5. The van der Waals surface area contributed by atoms with Gasteiger partial charge in [-0.2, -0.15) is 5.10 Å². The molecule has 2 atom stereocenters. The SMILES string of the molecule is COc1cccc(Nc2ncnn3ccc(CN4CC[C@@H](N)[C@H](NC(=O)O)C4)c23)c1. The number of hydrogen-bond donors (Lipinski definition) is 4. The highest BCUT2D eigenvalue weighted by molar-refractivity contribution is 5.76. The average molecular weight is 411 g/mol. The van der Waals surface area contributed by atoms with Crippen LogP contribution in [0.4, 0.5) is 16.3 Å². The number of amides is 1. The third kappa shape index (κ3) is 4.29. The van der Waals surface area contributed by atoms with Crippen molar-refractivity contribution >= 4 is 23.1 Å². The number of aromatic nitrogens is 3. The van der Waals surface area contributed by atoms with Crippen molar-refractivity contribution in [3.8, 4) is 5.75 Å². The maximum Gasteiger partial charge on any atom is 0.404 e. The van der Waals surface area contributed by atoms with Crippen molar-refractivity contribution in [3.05, 3.63) is 48.4 Å². The van der Waals surface area contributed by atoms with E-state index in [0.29, 0.717) is 18.9 Å². The van der Waals surface area contributed by atoms with Gasteiger partial charge in [0.15, 0.2) is 5.82 Å². The van der Waals surface area contributed by atoms with Crippen molar-refractivity contribution in [3.63, 3.8) is 0 Å². The third-order valence-corrected chi connectivity index (χ3v) is 5.32. The summed E-state index contributed by atoms with van der Waals surface area (Å²) < 4.78 is 7.08. The lowest BCUT2D eigenvalue weighted by molar-refractivity contribution is 0.149. The Kier molecular flexibility index (Phi) is 5.68. The number of benzene rings is 1. The molecule has 1 saturated heterocycles. The first-order chi connectivity index (χ1) is 14.5. The highest BCUT2D eigenvalue weighted by atomic mass is 16.5. The molecule has 0 spiro atoms. The van der Waals surface area contributed by atoms with Crippen LogP contribution in [0.3, 0.4) is 0 Å². The van der Waals surface area contributed by atoms with Gasteiger partial charge < -0.3 is 26.2 Å². The number of anilines is 2. The molecule has 3 aromatic rings. The predicted octanol–water partition coefficient (Wildman–Crippen LogP) is 1.65. The minimum atomic E-state index is -1.05. The van der Waals surface area contributed by atoms with E-state index in [1.54, 1.807) is 11.6 Å². The Balaban J connectivity index is 1.57. The molecule has 158 valence electrons. The Hall–Kier alpha value is -3.37. The number of piperidine rings is 1. The summed E-state index contributed by atoms with van der Waals surface area (Å²) >= 11 is 0. The molecular weight excluding hydrogens is 386 g/mol. The topological polar surface area (TPSA) is 130 Å². The molecule has 3 heterocycles. The van der Waals surface area contributed by atoms with Crippen LogP contribution in [0.1, 0.15) is 12.0 Å². The molecule has 1 fully saturated rings. The second-order valence-corrected chi connectivity index (χ2v) is 7.34. The van der Waals surface area contributed by atoms with Gasteiger partial charge >= 0.3 is 6.09 Å². The molecule has 0 bridgehead atoms. The minimum absolute atomic E-state index is 0.184. The van der Waals surface area contributed by atoms with Crippen LogP contribution >= 0.6 is 0 Å². The zero-order valence-electron chi connectivity index (χ0n) is 16.7. The molecule has 1 aromatic carbocycles. The maximum atomic E-state index is 11.1. The Labute approximate surface area is 173 Å². The monoisotopic (exact) mass is 411 g/mol. The lowest BCUT2D eigenvalue weighted by Gasteiger charge is -2.36. The molecule has 10 nitrogen and oxygen atoms in total. The van der Waals surface area contributed by atoms with E-state index in [1.165, 1.54) is 6.33 Å².